The van der Waals surface area contributed by atoms with Crippen LogP contribution in [0.1, 0.15) is 89.0 Å². The normalized spacial score (nSPS) is 13.5. The fourth-order valence-electron chi connectivity index (χ4n) is 25.8. The van der Waals surface area contributed by atoms with E-state index >= 15 is 0 Å². The van der Waals surface area contributed by atoms with Gasteiger partial charge in [-0.2, -0.15) is 0 Å². The Hall–Kier alpha value is -18.3. The predicted octanol–water partition coefficient (Wildman–Crippen LogP) is 26.9. The van der Waals surface area contributed by atoms with Crippen LogP contribution in [-0.4, -0.2) is 77.4 Å². The molecule has 36 rings (SSSR count). The number of hydrogen-bond acceptors (Lipinski definition) is 12. The number of pyridine rings is 12. The van der Waals surface area contributed by atoms with Crippen LogP contribution in [0.4, 0.5) is 0 Å². The highest BCUT2D eigenvalue weighted by Gasteiger charge is 2.36. The van der Waals surface area contributed by atoms with Crippen molar-refractivity contribution < 1.29 is 0 Å². The molecule has 28 aromatic rings. The van der Waals surface area contributed by atoms with Gasteiger partial charge < -0.3 is 0 Å². The molecule has 0 saturated carbocycles. The highest BCUT2D eigenvalue weighted by atomic mass is 15.1. The van der Waals surface area contributed by atoms with Gasteiger partial charge in [-0.15, -0.1) is 0 Å². The van der Waals surface area contributed by atoms with Crippen molar-refractivity contribution in [2.45, 2.75) is 51.4 Å². The monoisotopic (exact) mass is 1780 g/mol. The Balaban J connectivity index is 0.0000000829. The summed E-state index contributed by atoms with van der Waals surface area (Å²) in [6.07, 6.45) is 30.3. The first kappa shape index (κ1) is 75.1. The molecule has 16 nitrogen and oxygen atoms in total. The summed E-state index contributed by atoms with van der Waals surface area (Å²) in [5.41, 5.74) is 64.9. The van der Waals surface area contributed by atoms with Crippen molar-refractivity contribution in [3.8, 4) is 89.0 Å². The lowest BCUT2D eigenvalue weighted by Crippen LogP contribution is -1.95. The average Bonchev–Trinajstić information content (AvgIpc) is 1.56. The van der Waals surface area contributed by atoms with E-state index in [1.165, 1.54) is 200 Å². The molecule has 16 aromatic heterocycles. The number of rotatable bonds is 0. The van der Waals surface area contributed by atoms with Gasteiger partial charge in [0, 0.05) is 92.7 Å². The standard InChI is InChI=1S/4C31H18N4/c1-2-5-20-17(4-1)13-23-21(20)8-7-18-12-19-14-24-25(15-22(19)29(18)23)31-34-26-9-11-32-16-28(26)35(31)27-6-3-10-33-30(24)27;1-2-5-19-17(4-1)12-23-20(19)7-8-21-22-15-26-25(14-18(22)13-24(21)23)30-28(6-3-10-33-30)35-29-16-32-11-9-27(29)34-31(26)35;1-2-5-20-17(4-1)12-18-7-8-21-22-15-25-24(14-19(22)13-23(21)29(18)20)30-27(6-3-10-33-30)35-28-16-32-11-9-26(28)34-31(25)35;1-2-5-21-17(4-1)10-18-13-23-19(12-22(18)21)11-20-14-25-26(15-24(20)23)31-34-27-7-9-32-16-29(27)35(31)28-6-3-8-33-30(25)28/h3*1-11,14-16H,12-13H2;1-9,12-16H,10-11H2. The Morgan fingerprint density at radius 3 is 0.879 bits per heavy atom. The number of fused-ring (bicyclic) bond motifs is 59. The predicted molar refractivity (Wildman–Crippen MR) is 559 cm³/mol. The lowest BCUT2D eigenvalue weighted by atomic mass is 9.94. The van der Waals surface area contributed by atoms with Gasteiger partial charge in [-0.05, 0) is 363 Å². The highest BCUT2D eigenvalue weighted by molar-refractivity contribution is 6.19. The molecule has 0 saturated heterocycles. The van der Waals surface area contributed by atoms with Crippen LogP contribution in [0.15, 0.2) is 341 Å². The van der Waals surface area contributed by atoms with E-state index in [9.17, 15) is 0 Å². The van der Waals surface area contributed by atoms with Crippen molar-refractivity contribution in [3.63, 3.8) is 0 Å². The molecule has 16 heterocycles. The first-order valence-corrected chi connectivity index (χ1v) is 48.2. The van der Waals surface area contributed by atoms with Crippen molar-refractivity contribution in [1.82, 2.24) is 77.4 Å². The van der Waals surface area contributed by atoms with E-state index < -0.39 is 0 Å². The van der Waals surface area contributed by atoms with Crippen LogP contribution in [0.25, 0.3) is 243 Å². The second-order valence-corrected chi connectivity index (χ2v) is 38.8. The lowest BCUT2D eigenvalue weighted by molar-refractivity contribution is 1.16. The van der Waals surface area contributed by atoms with Crippen molar-refractivity contribution in [3.05, 3.63) is 430 Å². The lowest BCUT2D eigenvalue weighted by Gasteiger charge is -2.12. The molecule has 16 heteroatoms. The van der Waals surface area contributed by atoms with Crippen LogP contribution in [0.5, 0.6) is 0 Å². The largest absolute Gasteiger partial charge is 0.289 e. The molecule has 0 radical (unpaired) electrons. The van der Waals surface area contributed by atoms with Crippen molar-refractivity contribution in [2.75, 3.05) is 0 Å². The van der Waals surface area contributed by atoms with Crippen molar-refractivity contribution >= 4 is 154 Å². The zero-order valence-corrected chi connectivity index (χ0v) is 75.1. The molecular formula is C124H72N16. The topological polar surface area (TPSA) is 172 Å². The quantitative estimate of drug-likeness (QED) is 0.132. The van der Waals surface area contributed by atoms with Crippen molar-refractivity contribution in [2.24, 2.45) is 0 Å². The molecule has 8 aliphatic carbocycles. The van der Waals surface area contributed by atoms with E-state index in [-0.39, 0.29) is 0 Å². The maximum Gasteiger partial charge on any atom is 0.146 e. The average molecular weight is 1790 g/mol. The number of benzene rings is 12. The van der Waals surface area contributed by atoms with Gasteiger partial charge in [-0.3, -0.25) is 57.5 Å². The summed E-state index contributed by atoms with van der Waals surface area (Å²) in [6.45, 7) is 0. The Morgan fingerprint density at radius 1 is 0.171 bits per heavy atom. The molecule has 0 amide bonds. The summed E-state index contributed by atoms with van der Waals surface area (Å²) >= 11 is 0. The third-order valence-corrected chi connectivity index (χ3v) is 31.8. The van der Waals surface area contributed by atoms with E-state index in [4.69, 9.17) is 39.9 Å². The smallest absolute Gasteiger partial charge is 0.146 e. The number of hydrogen-bond donors (Lipinski definition) is 0. The van der Waals surface area contributed by atoms with Crippen molar-refractivity contribution in [1.29, 1.82) is 0 Å². The number of nitrogens with zero attached hydrogens (tertiary/aromatic N) is 16. The Labute approximate surface area is 796 Å². The minimum absolute atomic E-state index is 0.952. The third-order valence-electron chi connectivity index (χ3n) is 31.8. The second kappa shape index (κ2) is 27.7. The Kier molecular flexibility index (Phi) is 14.9. The molecule has 0 atom stereocenters. The minimum Gasteiger partial charge on any atom is -0.289 e. The summed E-state index contributed by atoms with van der Waals surface area (Å²) in [7, 11) is 0. The van der Waals surface area contributed by atoms with Gasteiger partial charge in [0.2, 0.25) is 0 Å². The van der Waals surface area contributed by atoms with E-state index in [1.807, 2.05) is 123 Å². The van der Waals surface area contributed by atoms with E-state index in [0.717, 1.165) is 184 Å². The molecule has 0 bridgehead atoms. The number of aromatic nitrogens is 16. The summed E-state index contributed by atoms with van der Waals surface area (Å²) < 4.78 is 8.87. The van der Waals surface area contributed by atoms with Gasteiger partial charge in [0.15, 0.2) is 0 Å². The zero-order valence-electron chi connectivity index (χ0n) is 75.1. The Bertz CT molecular complexity index is 10600. The van der Waals surface area contributed by atoms with Crippen LogP contribution in [0, 0.1) is 0 Å². The summed E-state index contributed by atoms with van der Waals surface area (Å²) in [4.78, 5) is 57.1. The molecular weight excluding hydrogens is 1710 g/mol. The van der Waals surface area contributed by atoms with E-state index in [1.54, 1.807) is 0 Å². The molecule has 648 valence electrons. The van der Waals surface area contributed by atoms with E-state index in [2.05, 4.69) is 256 Å². The van der Waals surface area contributed by atoms with Crippen LogP contribution >= 0.6 is 0 Å². The maximum atomic E-state index is 5.08. The van der Waals surface area contributed by atoms with Gasteiger partial charge in [0.05, 0.1) is 113 Å². The molecule has 0 fully saturated rings. The summed E-state index contributed by atoms with van der Waals surface area (Å²) in [6, 6.07) is 97.6. The van der Waals surface area contributed by atoms with Gasteiger partial charge in [0.1, 0.15) is 22.6 Å². The summed E-state index contributed by atoms with van der Waals surface area (Å²) in [5, 5.41) is 9.24. The SMILES string of the molecule is c1ccc2c(c1)Cc1c-2ccc2c1-c1cc3c(cc1C2)c1ncccc1n1c2cnccc2nc31.c1ccc2c(c1)Cc1c-2ccc2c1Cc1cc3c(cc1-2)c1nc2ccncc2n1c1cccnc31.c1ccc2c(c1)Cc1cc3c(cc1-2)Cc1cc2c(cc1-3)c1nc3ccncc3n1c1cccnc21.c1ccc2c(c1)Cc1ccc3c(c1-2)Cc1cc2c(cc1-3)c1nc3ccncc3n1c1cccnc21. The number of imidazole rings is 4. The highest BCUT2D eigenvalue weighted by Crippen LogP contribution is 2.55. The van der Waals surface area contributed by atoms with Gasteiger partial charge in [0.25, 0.3) is 0 Å². The summed E-state index contributed by atoms with van der Waals surface area (Å²) in [5.74, 6) is 0. The molecule has 8 aliphatic rings. The fraction of sp³-hybridized carbons (Fsp3) is 0.0645. The van der Waals surface area contributed by atoms with Gasteiger partial charge in [-0.25, -0.2) is 19.9 Å². The molecule has 140 heavy (non-hydrogen) atoms. The molecule has 12 aromatic carbocycles. The molecule has 0 aliphatic heterocycles. The fourth-order valence-corrected chi connectivity index (χ4v) is 25.8. The Morgan fingerprint density at radius 2 is 0.443 bits per heavy atom. The van der Waals surface area contributed by atoms with Crippen LogP contribution < -0.4 is 0 Å². The minimum atomic E-state index is 0.952. The first-order chi connectivity index (χ1) is 69.4. The van der Waals surface area contributed by atoms with Crippen LogP contribution in [0.2, 0.25) is 0 Å². The third kappa shape index (κ3) is 10.3. The molecule has 0 spiro atoms. The van der Waals surface area contributed by atoms with Gasteiger partial charge in [-0.1, -0.05) is 133 Å². The molecule has 0 unspecified atom stereocenters. The van der Waals surface area contributed by atoms with E-state index in [0.29, 0.717) is 0 Å². The van der Waals surface area contributed by atoms with Crippen LogP contribution in [-0.2, 0) is 51.4 Å². The van der Waals surface area contributed by atoms with Gasteiger partial charge >= 0.3 is 0 Å². The second-order valence-electron chi connectivity index (χ2n) is 38.8. The van der Waals surface area contributed by atoms with Crippen LogP contribution in [0.3, 0.4) is 0 Å². The first-order valence-electron chi connectivity index (χ1n) is 48.2. The molecule has 0 N–H and O–H groups in total. The maximum absolute atomic E-state index is 5.08. The zero-order chi connectivity index (χ0) is 90.7.